The number of ether oxygens (including phenoxy) is 3. The summed E-state index contributed by atoms with van der Waals surface area (Å²) in [6.45, 7) is -0.693. The van der Waals surface area contributed by atoms with E-state index < -0.39 is 70.4 Å². The molecule has 5 rings (SSSR count). The number of phosphoric acid groups is 2. The molecular weight excluding hydrogens is 558 g/mol. The third-order valence-electron chi connectivity index (χ3n) is 6.70. The largest absolute Gasteiger partial charge is 0.756 e. The summed E-state index contributed by atoms with van der Waals surface area (Å²) in [6.07, 6.45) is -0.348. The maximum Gasteiger partial charge on any atom is 0.330 e. The number of nitrogens with one attached hydrogen (secondary N) is 1. The molecule has 0 spiro atoms. The Morgan fingerprint density at radius 2 is 1.67 bits per heavy atom. The predicted octanol–water partition coefficient (Wildman–Crippen LogP) is 1.11. The Morgan fingerprint density at radius 3 is 2.38 bits per heavy atom. The van der Waals surface area contributed by atoms with Crippen LogP contribution in [-0.2, 0) is 43.1 Å². The summed E-state index contributed by atoms with van der Waals surface area (Å²) in [7, 11) is -10.6. The number of H-pyrrole nitrogens is 1. The van der Waals surface area contributed by atoms with Crippen LogP contribution < -0.4 is 21.0 Å². The molecule has 7 atom stereocenters. The maximum absolute atomic E-state index is 12.4. The van der Waals surface area contributed by atoms with Crippen LogP contribution in [0.2, 0.25) is 0 Å². The molecule has 1 saturated carbocycles. The standard InChI is InChI=1S/C23H30N2O12P2/c26-18-11-12-25(23(27)24-18)22-21-20(34-19(35-21)13-15-7-3-1-4-8-15)17(33-22)14-32-38(28,29)37-39(30,31)36-16-9-5-2-6-10-16/h1,3-4,7-8,11-12,16-17,19-22H,2,5-6,9-10,13-14H2,(H,28,29)(H,30,31)(H,24,26,27)/p-2/t17-,19?,20?,21+,22-/m1/s1. The van der Waals surface area contributed by atoms with Crippen LogP contribution in [0.3, 0.4) is 0 Å². The van der Waals surface area contributed by atoms with E-state index in [9.17, 15) is 28.5 Å². The van der Waals surface area contributed by atoms with Crippen molar-refractivity contribution in [1.29, 1.82) is 0 Å². The highest BCUT2D eigenvalue weighted by Crippen LogP contribution is 2.57. The van der Waals surface area contributed by atoms with Gasteiger partial charge in [0.2, 0.25) is 0 Å². The fraction of sp³-hybridized carbons (Fsp3) is 0.565. The molecule has 1 N–H and O–H groups in total. The van der Waals surface area contributed by atoms with Crippen LogP contribution in [0.1, 0.15) is 43.9 Å². The lowest BCUT2D eigenvalue weighted by Gasteiger charge is -2.34. The molecule has 14 nitrogen and oxygen atoms in total. The molecule has 0 amide bonds. The molecule has 0 bridgehead atoms. The first-order valence-electron chi connectivity index (χ1n) is 12.6. The van der Waals surface area contributed by atoms with E-state index >= 15 is 0 Å². The van der Waals surface area contributed by atoms with Crippen LogP contribution in [-0.4, -0.2) is 46.9 Å². The molecule has 0 radical (unpaired) electrons. The van der Waals surface area contributed by atoms with Crippen molar-refractivity contribution in [2.45, 2.75) is 75.5 Å². The van der Waals surface area contributed by atoms with Crippen molar-refractivity contribution in [3.05, 3.63) is 69.0 Å². The number of nitrogens with zero attached hydrogens (tertiary/aromatic N) is 1. The minimum Gasteiger partial charge on any atom is -0.756 e. The van der Waals surface area contributed by atoms with Gasteiger partial charge in [0.25, 0.3) is 21.2 Å². The van der Waals surface area contributed by atoms with Gasteiger partial charge in [0.1, 0.15) is 18.3 Å². The van der Waals surface area contributed by atoms with Crippen molar-refractivity contribution in [2.24, 2.45) is 0 Å². The zero-order valence-electron chi connectivity index (χ0n) is 20.7. The van der Waals surface area contributed by atoms with E-state index in [4.69, 9.17) is 23.3 Å². The zero-order chi connectivity index (χ0) is 27.6. The van der Waals surface area contributed by atoms with Crippen molar-refractivity contribution in [1.82, 2.24) is 9.55 Å². The third kappa shape index (κ3) is 7.22. The number of rotatable bonds is 10. The number of fused-ring (bicyclic) bond motifs is 1. The van der Waals surface area contributed by atoms with Gasteiger partial charge in [-0.05, 0) is 18.4 Å². The molecule has 16 heteroatoms. The molecule has 1 aromatic heterocycles. The van der Waals surface area contributed by atoms with Gasteiger partial charge in [0.05, 0.1) is 12.7 Å². The molecule has 2 saturated heterocycles. The SMILES string of the molecule is O=c1ccn([C@@H]2O[C@H](COP(=O)([O-])OP(=O)([O-])OC3CCCCC3)C3OC(Cc4ccccc4)O[C@@H]32)c(=O)[nH]1. The Labute approximate surface area is 223 Å². The molecule has 39 heavy (non-hydrogen) atoms. The number of hydrogen-bond acceptors (Lipinski definition) is 12. The Morgan fingerprint density at radius 1 is 0.949 bits per heavy atom. The average molecular weight is 586 g/mol. The maximum atomic E-state index is 12.4. The average Bonchev–Trinajstić information content (AvgIpc) is 3.42. The van der Waals surface area contributed by atoms with E-state index in [0.717, 1.165) is 35.5 Å². The second-order valence-corrected chi connectivity index (χ2v) is 12.5. The van der Waals surface area contributed by atoms with E-state index in [1.807, 2.05) is 30.3 Å². The molecule has 3 heterocycles. The first-order valence-corrected chi connectivity index (χ1v) is 15.5. The second-order valence-electron chi connectivity index (χ2n) is 9.54. The van der Waals surface area contributed by atoms with Crippen molar-refractivity contribution >= 4 is 15.6 Å². The van der Waals surface area contributed by atoms with Crippen molar-refractivity contribution in [3.63, 3.8) is 0 Å². The molecule has 2 aliphatic heterocycles. The Balaban J connectivity index is 1.27. The lowest BCUT2D eigenvalue weighted by Crippen LogP contribution is -2.36. The van der Waals surface area contributed by atoms with Crippen LogP contribution in [0, 0.1) is 0 Å². The summed E-state index contributed by atoms with van der Waals surface area (Å²) in [5.41, 5.74) is -0.471. The normalized spacial score (nSPS) is 30.5. The van der Waals surface area contributed by atoms with E-state index in [0.29, 0.717) is 19.3 Å². The van der Waals surface area contributed by atoms with Crippen LogP contribution in [0.4, 0.5) is 0 Å². The Kier molecular flexibility index (Phi) is 8.70. The minimum absolute atomic E-state index is 0.357. The lowest BCUT2D eigenvalue weighted by molar-refractivity contribution is -0.248. The molecule has 214 valence electrons. The first-order chi connectivity index (χ1) is 18.6. The quantitative estimate of drug-likeness (QED) is 0.391. The third-order valence-corrected chi connectivity index (χ3v) is 9.32. The molecule has 3 aliphatic rings. The molecule has 2 aromatic rings. The zero-order valence-corrected chi connectivity index (χ0v) is 22.5. The fourth-order valence-electron chi connectivity index (χ4n) is 4.97. The predicted molar refractivity (Wildman–Crippen MR) is 129 cm³/mol. The molecular formula is C23H28N2O12P2-2. The highest BCUT2D eigenvalue weighted by Gasteiger charge is 2.54. The van der Waals surface area contributed by atoms with Crippen LogP contribution in [0.5, 0.6) is 0 Å². The summed E-state index contributed by atoms with van der Waals surface area (Å²) in [6, 6.07) is 10.4. The Hall–Kier alpha value is -1.96. The summed E-state index contributed by atoms with van der Waals surface area (Å²) >= 11 is 0. The number of aromatic amines is 1. The van der Waals surface area contributed by atoms with E-state index in [1.165, 1.54) is 6.20 Å². The fourth-order valence-corrected chi connectivity index (χ4v) is 7.20. The molecule has 1 aliphatic carbocycles. The van der Waals surface area contributed by atoms with Gasteiger partial charge in [-0.15, -0.1) is 0 Å². The Bertz CT molecular complexity index is 1340. The lowest BCUT2D eigenvalue weighted by atomic mass is 9.98. The van der Waals surface area contributed by atoms with Gasteiger partial charge in [-0.1, -0.05) is 49.6 Å². The van der Waals surface area contributed by atoms with Gasteiger partial charge in [0, 0.05) is 18.7 Å². The molecule has 1 aromatic carbocycles. The molecule has 3 fully saturated rings. The first kappa shape index (κ1) is 28.6. The van der Waals surface area contributed by atoms with Crippen LogP contribution in [0.25, 0.3) is 0 Å². The summed E-state index contributed by atoms with van der Waals surface area (Å²) in [4.78, 5) is 50.7. The second kappa shape index (κ2) is 11.9. The monoisotopic (exact) mass is 586 g/mol. The number of benzene rings is 1. The number of phosphoric ester groups is 2. The van der Waals surface area contributed by atoms with Gasteiger partial charge in [-0.25, -0.2) is 9.11 Å². The van der Waals surface area contributed by atoms with Gasteiger partial charge in [-0.2, -0.15) is 0 Å². The summed E-state index contributed by atoms with van der Waals surface area (Å²) < 4.78 is 57.6. The smallest absolute Gasteiger partial charge is 0.330 e. The van der Waals surface area contributed by atoms with Crippen LogP contribution >= 0.6 is 15.6 Å². The molecule has 4 unspecified atom stereocenters. The summed E-state index contributed by atoms with van der Waals surface area (Å²) in [5, 5.41) is 0. The van der Waals surface area contributed by atoms with Gasteiger partial charge < -0.3 is 33.0 Å². The van der Waals surface area contributed by atoms with E-state index in [-0.39, 0.29) is 0 Å². The van der Waals surface area contributed by atoms with Gasteiger partial charge in [-0.3, -0.25) is 23.5 Å². The van der Waals surface area contributed by atoms with Crippen molar-refractivity contribution in [2.75, 3.05) is 6.61 Å². The number of hydrogen-bond donors (Lipinski definition) is 1. The van der Waals surface area contributed by atoms with Gasteiger partial charge in [0.15, 0.2) is 12.5 Å². The topological polar surface area (TPSA) is 190 Å². The van der Waals surface area contributed by atoms with Crippen molar-refractivity contribution in [3.8, 4) is 0 Å². The summed E-state index contributed by atoms with van der Waals surface area (Å²) in [5.74, 6) is 0. The van der Waals surface area contributed by atoms with E-state index in [1.54, 1.807) is 0 Å². The minimum atomic E-state index is -5.39. The highest BCUT2D eigenvalue weighted by atomic mass is 31.3. The highest BCUT2D eigenvalue weighted by molar-refractivity contribution is 7.59. The number of aromatic nitrogens is 2. The van der Waals surface area contributed by atoms with Crippen molar-refractivity contribution < 1.29 is 46.5 Å². The van der Waals surface area contributed by atoms with Gasteiger partial charge >= 0.3 is 5.69 Å². The van der Waals surface area contributed by atoms with Crippen LogP contribution in [0.15, 0.2) is 52.2 Å². The van der Waals surface area contributed by atoms with E-state index in [2.05, 4.69) is 9.29 Å².